The average molecular weight is 372 g/mol. The first-order valence-electron chi connectivity index (χ1n) is 8.40. The molecular formula is C17H24O9. The molecule has 3 saturated heterocycles. The summed E-state index contributed by atoms with van der Waals surface area (Å²) in [5.74, 6) is -2.98. The van der Waals surface area contributed by atoms with Crippen molar-refractivity contribution in [1.29, 1.82) is 0 Å². The molecule has 9 heteroatoms. The van der Waals surface area contributed by atoms with E-state index in [-0.39, 0.29) is 6.61 Å². The summed E-state index contributed by atoms with van der Waals surface area (Å²) in [6, 6.07) is 0. The molecule has 3 heterocycles. The lowest BCUT2D eigenvalue weighted by molar-refractivity contribution is -0.242. The van der Waals surface area contributed by atoms with Gasteiger partial charge in [0.15, 0.2) is 17.9 Å². The Morgan fingerprint density at radius 3 is 2.15 bits per heavy atom. The van der Waals surface area contributed by atoms with Gasteiger partial charge in [-0.05, 0) is 27.7 Å². The monoisotopic (exact) mass is 372 g/mol. The molecule has 0 amide bonds. The van der Waals surface area contributed by atoms with Crippen LogP contribution in [0.5, 0.6) is 0 Å². The maximum absolute atomic E-state index is 11.8. The van der Waals surface area contributed by atoms with Gasteiger partial charge in [0, 0.05) is 12.2 Å². The normalized spacial score (nSPS) is 37.2. The van der Waals surface area contributed by atoms with Crippen LogP contribution in [0.4, 0.5) is 0 Å². The van der Waals surface area contributed by atoms with Gasteiger partial charge in [0.05, 0.1) is 7.11 Å². The molecule has 146 valence electrons. The Bertz CT molecular complexity index is 597. The first kappa shape index (κ1) is 19.2. The number of hydrogen-bond acceptors (Lipinski definition) is 9. The van der Waals surface area contributed by atoms with Crippen LogP contribution >= 0.6 is 0 Å². The van der Waals surface area contributed by atoms with Crippen molar-refractivity contribution >= 4 is 11.9 Å². The first-order valence-corrected chi connectivity index (χ1v) is 8.40. The highest BCUT2D eigenvalue weighted by atomic mass is 16.9. The molecule has 9 nitrogen and oxygen atoms in total. The minimum absolute atomic E-state index is 0.0854. The molecular weight excluding hydrogens is 348 g/mol. The van der Waals surface area contributed by atoms with Crippen LogP contribution in [-0.4, -0.2) is 67.9 Å². The summed E-state index contributed by atoms with van der Waals surface area (Å²) in [5, 5.41) is 0. The molecule has 0 aromatic rings. The first-order chi connectivity index (χ1) is 12.1. The van der Waals surface area contributed by atoms with E-state index in [4.69, 9.17) is 28.4 Å². The molecule has 0 N–H and O–H groups in total. The zero-order valence-corrected chi connectivity index (χ0v) is 15.4. The smallest absolute Gasteiger partial charge is 0.331 e. The van der Waals surface area contributed by atoms with Crippen molar-refractivity contribution in [2.45, 2.75) is 70.0 Å². The maximum Gasteiger partial charge on any atom is 0.331 e. The zero-order valence-electron chi connectivity index (χ0n) is 15.4. The van der Waals surface area contributed by atoms with Gasteiger partial charge >= 0.3 is 11.9 Å². The van der Waals surface area contributed by atoms with Gasteiger partial charge in [-0.3, -0.25) is 0 Å². The summed E-state index contributed by atoms with van der Waals surface area (Å²) in [7, 11) is 1.22. The number of rotatable bonds is 4. The van der Waals surface area contributed by atoms with E-state index in [1.165, 1.54) is 7.11 Å². The predicted molar refractivity (Wildman–Crippen MR) is 84.6 cm³/mol. The number of methoxy groups -OCH3 is 1. The summed E-state index contributed by atoms with van der Waals surface area (Å²) in [4.78, 5) is 22.8. The second kappa shape index (κ2) is 6.90. The Morgan fingerprint density at radius 1 is 0.885 bits per heavy atom. The molecule has 5 atom stereocenters. The Morgan fingerprint density at radius 2 is 1.46 bits per heavy atom. The van der Waals surface area contributed by atoms with E-state index in [1.807, 2.05) is 0 Å². The lowest BCUT2D eigenvalue weighted by Gasteiger charge is -2.36. The Balaban J connectivity index is 1.66. The van der Waals surface area contributed by atoms with E-state index in [0.717, 1.165) is 12.2 Å². The van der Waals surface area contributed by atoms with Crippen molar-refractivity contribution in [2.24, 2.45) is 0 Å². The highest BCUT2D eigenvalue weighted by molar-refractivity contribution is 5.91. The zero-order chi connectivity index (χ0) is 19.1. The minimum atomic E-state index is -0.823. The van der Waals surface area contributed by atoms with Gasteiger partial charge < -0.3 is 33.2 Å². The van der Waals surface area contributed by atoms with E-state index in [1.54, 1.807) is 27.7 Å². The Kier molecular flexibility index (Phi) is 5.11. The summed E-state index contributed by atoms with van der Waals surface area (Å²) >= 11 is 0. The minimum Gasteiger partial charge on any atom is -0.466 e. The fourth-order valence-electron chi connectivity index (χ4n) is 3.24. The number of esters is 2. The standard InChI is InChI=1S/C17H24O9/c1-16(2)23-12-9(8-21-11(19)7-6-10(18)20-5)22-15-14(13(12)24-16)25-17(3,4)26-15/h6-7,9,12-15H,8H2,1-5H3/t9-,12+,13+,14-,15-/m1/s1. The largest absolute Gasteiger partial charge is 0.466 e. The molecule has 0 spiro atoms. The fourth-order valence-corrected chi connectivity index (χ4v) is 3.24. The molecule has 0 bridgehead atoms. The summed E-state index contributed by atoms with van der Waals surface area (Å²) in [6.45, 7) is 7.08. The van der Waals surface area contributed by atoms with Gasteiger partial charge in [0.1, 0.15) is 31.0 Å². The van der Waals surface area contributed by atoms with Gasteiger partial charge in [-0.15, -0.1) is 0 Å². The van der Waals surface area contributed by atoms with Crippen molar-refractivity contribution in [2.75, 3.05) is 13.7 Å². The van der Waals surface area contributed by atoms with Crippen LogP contribution < -0.4 is 0 Å². The molecule has 0 unspecified atom stereocenters. The molecule has 3 aliphatic heterocycles. The molecule has 0 radical (unpaired) electrons. The quantitative estimate of drug-likeness (QED) is 0.520. The third-order valence-corrected chi connectivity index (χ3v) is 4.20. The van der Waals surface area contributed by atoms with Gasteiger partial charge in [0.25, 0.3) is 0 Å². The second-order valence-corrected chi connectivity index (χ2v) is 7.19. The van der Waals surface area contributed by atoms with Crippen LogP contribution in [0.25, 0.3) is 0 Å². The van der Waals surface area contributed by atoms with E-state index in [0.29, 0.717) is 0 Å². The highest BCUT2D eigenvalue weighted by Gasteiger charge is 2.60. The summed E-state index contributed by atoms with van der Waals surface area (Å²) < 4.78 is 39.0. The maximum atomic E-state index is 11.8. The predicted octanol–water partition coefficient (Wildman–Crippen LogP) is 0.655. The van der Waals surface area contributed by atoms with Crippen molar-refractivity contribution in [3.8, 4) is 0 Å². The van der Waals surface area contributed by atoms with Crippen molar-refractivity contribution in [3.05, 3.63) is 12.2 Å². The SMILES string of the molecule is COC(=O)C=CC(=O)OC[C@H]1O[C@@H]2OC(C)(C)O[C@@H]2[C@H]2OC(C)(C)O[C@H]21. The lowest BCUT2D eigenvalue weighted by atomic mass is 9.99. The lowest BCUT2D eigenvalue weighted by Crippen LogP contribution is -2.56. The third kappa shape index (κ3) is 4.07. The topological polar surface area (TPSA) is 98.8 Å². The van der Waals surface area contributed by atoms with Crippen LogP contribution in [0.15, 0.2) is 12.2 Å². The number of fused-ring (bicyclic) bond motifs is 3. The van der Waals surface area contributed by atoms with Crippen molar-refractivity contribution in [1.82, 2.24) is 0 Å². The van der Waals surface area contributed by atoms with Crippen LogP contribution in [0.3, 0.4) is 0 Å². The van der Waals surface area contributed by atoms with E-state index < -0.39 is 54.2 Å². The number of hydrogen-bond donors (Lipinski definition) is 0. The van der Waals surface area contributed by atoms with Crippen molar-refractivity contribution in [3.63, 3.8) is 0 Å². The van der Waals surface area contributed by atoms with Gasteiger partial charge in [-0.1, -0.05) is 0 Å². The second-order valence-electron chi connectivity index (χ2n) is 7.19. The summed E-state index contributed by atoms with van der Waals surface area (Å²) in [6.07, 6.45) is -0.626. The fraction of sp³-hybridized carbons (Fsp3) is 0.765. The average Bonchev–Trinajstić information content (AvgIpc) is 3.04. The van der Waals surface area contributed by atoms with Gasteiger partial charge in [-0.2, -0.15) is 0 Å². The molecule has 3 fully saturated rings. The molecule has 0 saturated carbocycles. The third-order valence-electron chi connectivity index (χ3n) is 4.20. The molecule has 0 aliphatic carbocycles. The van der Waals surface area contributed by atoms with Crippen molar-refractivity contribution < 1.29 is 42.7 Å². The van der Waals surface area contributed by atoms with Crippen LogP contribution in [-0.2, 0) is 42.7 Å². The van der Waals surface area contributed by atoms with E-state index in [9.17, 15) is 9.59 Å². The molecule has 3 rings (SSSR count). The molecule has 3 aliphatic rings. The number of ether oxygens (including phenoxy) is 7. The molecule has 0 aromatic carbocycles. The van der Waals surface area contributed by atoms with Crippen LogP contribution in [0.1, 0.15) is 27.7 Å². The van der Waals surface area contributed by atoms with E-state index in [2.05, 4.69) is 4.74 Å². The Labute approximate surface area is 151 Å². The van der Waals surface area contributed by atoms with Crippen LogP contribution in [0.2, 0.25) is 0 Å². The van der Waals surface area contributed by atoms with Crippen LogP contribution in [0, 0.1) is 0 Å². The van der Waals surface area contributed by atoms with E-state index >= 15 is 0 Å². The number of carbonyl (C=O) groups excluding carboxylic acids is 2. The molecule has 0 aromatic heterocycles. The van der Waals surface area contributed by atoms with Gasteiger partial charge in [-0.25, -0.2) is 9.59 Å². The molecule has 26 heavy (non-hydrogen) atoms. The van der Waals surface area contributed by atoms with Gasteiger partial charge in [0.2, 0.25) is 0 Å². The Hall–Kier alpha value is -1.52. The number of carbonyl (C=O) groups is 2. The highest BCUT2D eigenvalue weighted by Crippen LogP contribution is 2.44. The summed E-state index contributed by atoms with van der Waals surface area (Å²) in [5.41, 5.74) is 0.